The zero-order valence-corrected chi connectivity index (χ0v) is 48.0. The SMILES string of the molecule is C/C(=C\CNc1ncnc2c1ncn2[C@@H]1O[C@H](CO)C(O)[C@@H]1O)CC[C@@]1(C)[C@@H]2CCCC(C)(C)C2=CC[C@@H]1C.C/C(=C\C[n+]1cnc2c(ncn2[C@@H]2O[C@H](CO)C(O)[C@@H]2O)c1N)CC[C@@]1(C)C2CCCC(C)(C)C2=CC[C@@H]1C. The largest absolute Gasteiger partial charge is 0.394 e. The Morgan fingerprint density at radius 1 is 0.692 bits per heavy atom. The molecule has 4 fully saturated rings. The van der Waals surface area contributed by atoms with Crippen LogP contribution in [0.25, 0.3) is 22.3 Å². The van der Waals surface area contributed by atoms with E-state index in [1.807, 2.05) is 4.57 Å². The number of hydrogen-bond donors (Lipinski definition) is 8. The Morgan fingerprint density at radius 2 is 1.18 bits per heavy atom. The van der Waals surface area contributed by atoms with Gasteiger partial charge in [-0.1, -0.05) is 120 Å². The molecule has 18 heteroatoms. The van der Waals surface area contributed by atoms with E-state index in [-0.39, 0.29) is 6.61 Å². The van der Waals surface area contributed by atoms with Crippen LogP contribution in [-0.2, 0) is 16.0 Å². The van der Waals surface area contributed by atoms with Gasteiger partial charge >= 0.3 is 0 Å². The van der Waals surface area contributed by atoms with Crippen LogP contribution in [0.3, 0.4) is 0 Å². The topological polar surface area (TPSA) is 256 Å². The van der Waals surface area contributed by atoms with E-state index >= 15 is 0 Å². The van der Waals surface area contributed by atoms with Gasteiger partial charge in [0.05, 0.1) is 26.1 Å². The highest BCUT2D eigenvalue weighted by molar-refractivity contribution is 5.83. The fourth-order valence-corrected chi connectivity index (χ4v) is 14.3. The second kappa shape index (κ2) is 23.1. The molecule has 2 aliphatic heterocycles. The van der Waals surface area contributed by atoms with E-state index in [1.54, 1.807) is 26.6 Å². The number of nitrogens with zero attached hydrogens (tertiary/aromatic N) is 8. The highest BCUT2D eigenvalue weighted by Gasteiger charge is 2.50. The van der Waals surface area contributed by atoms with Crippen molar-refractivity contribution in [1.82, 2.24) is 34.1 Å². The number of aromatic nitrogens is 8. The summed E-state index contributed by atoms with van der Waals surface area (Å²) in [6.45, 7) is 24.5. The molecule has 0 bridgehead atoms. The summed E-state index contributed by atoms with van der Waals surface area (Å²) in [6.07, 6.45) is 22.2. The number of rotatable bonds is 15. The first kappa shape index (κ1) is 58.0. The molecule has 4 aromatic rings. The predicted octanol–water partition coefficient (Wildman–Crippen LogP) is 7.81. The lowest BCUT2D eigenvalue weighted by molar-refractivity contribution is -0.674. The third-order valence-electron chi connectivity index (χ3n) is 20.2. The van der Waals surface area contributed by atoms with E-state index in [0.29, 0.717) is 92.4 Å². The Bertz CT molecular complexity index is 2890. The van der Waals surface area contributed by atoms with Crippen LogP contribution in [0, 0.1) is 45.3 Å². The molecule has 0 aromatic carbocycles. The number of fused-ring (bicyclic) bond motifs is 4. The molecule has 6 aliphatic rings. The lowest BCUT2D eigenvalue weighted by Crippen LogP contribution is -2.43. The number of ether oxygens (including phenoxy) is 2. The molecule has 0 amide bonds. The van der Waals surface area contributed by atoms with Crippen LogP contribution < -0.4 is 15.6 Å². The van der Waals surface area contributed by atoms with Crippen LogP contribution in [-0.4, -0.2) is 121 Å². The van der Waals surface area contributed by atoms with Crippen molar-refractivity contribution in [2.24, 2.45) is 45.3 Å². The van der Waals surface area contributed by atoms with Crippen molar-refractivity contribution >= 4 is 34.0 Å². The molecule has 6 heterocycles. The number of nitrogen functional groups attached to an aromatic ring is 1. The molecule has 0 spiro atoms. The Hall–Kier alpha value is -4.66. The van der Waals surface area contributed by atoms with Crippen LogP contribution >= 0.6 is 0 Å². The van der Waals surface area contributed by atoms with E-state index in [2.05, 4.69) is 124 Å². The van der Waals surface area contributed by atoms with Crippen LogP contribution in [0.2, 0.25) is 0 Å². The minimum Gasteiger partial charge on any atom is -0.394 e. The van der Waals surface area contributed by atoms with E-state index in [1.165, 1.54) is 94.3 Å². The summed E-state index contributed by atoms with van der Waals surface area (Å²) in [7, 11) is 0. The summed E-state index contributed by atoms with van der Waals surface area (Å²) in [5.74, 6) is 3.81. The van der Waals surface area contributed by atoms with Crippen molar-refractivity contribution in [3.8, 4) is 0 Å². The summed E-state index contributed by atoms with van der Waals surface area (Å²) in [6, 6.07) is 0. The second-order valence-electron chi connectivity index (χ2n) is 25.9. The van der Waals surface area contributed by atoms with E-state index in [9.17, 15) is 30.6 Å². The van der Waals surface area contributed by atoms with Crippen molar-refractivity contribution in [1.29, 1.82) is 0 Å². The third-order valence-corrected chi connectivity index (χ3v) is 20.2. The molecule has 14 atom stereocenters. The number of aliphatic hydroxyl groups is 6. The molecule has 10 rings (SSSR count). The van der Waals surface area contributed by atoms with Gasteiger partial charge in [0.15, 0.2) is 35.0 Å². The van der Waals surface area contributed by atoms with Crippen molar-refractivity contribution < 1.29 is 44.7 Å². The number of hydrogen-bond acceptors (Lipinski definition) is 15. The van der Waals surface area contributed by atoms with Crippen LogP contribution in [0.4, 0.5) is 11.6 Å². The quantitative estimate of drug-likeness (QED) is 0.0417. The number of allylic oxidation sites excluding steroid dienone is 7. The van der Waals surface area contributed by atoms with Crippen LogP contribution in [0.15, 0.2) is 71.9 Å². The Kier molecular flexibility index (Phi) is 17.2. The Morgan fingerprint density at radius 3 is 1.68 bits per heavy atom. The van der Waals surface area contributed by atoms with Gasteiger partial charge in [0.2, 0.25) is 12.0 Å². The smallest absolute Gasteiger partial charge is 0.251 e. The second-order valence-corrected chi connectivity index (χ2v) is 25.9. The van der Waals surface area contributed by atoms with Crippen molar-refractivity contribution in [2.45, 2.75) is 202 Å². The number of imidazole rings is 2. The van der Waals surface area contributed by atoms with Gasteiger partial charge in [0.25, 0.3) is 5.82 Å². The maximum absolute atomic E-state index is 10.4. The van der Waals surface area contributed by atoms with Crippen molar-refractivity contribution in [2.75, 3.05) is 30.8 Å². The van der Waals surface area contributed by atoms with Gasteiger partial charge < -0.3 is 51.2 Å². The summed E-state index contributed by atoms with van der Waals surface area (Å²) in [5.41, 5.74) is 15.9. The van der Waals surface area contributed by atoms with E-state index in [0.717, 1.165) is 12.8 Å². The first-order valence-electron chi connectivity index (χ1n) is 28.9. The summed E-state index contributed by atoms with van der Waals surface area (Å²) < 4.78 is 16.3. The maximum atomic E-state index is 10.4. The molecule has 18 nitrogen and oxygen atoms in total. The van der Waals surface area contributed by atoms with Gasteiger partial charge in [-0.3, -0.25) is 9.13 Å². The minimum atomic E-state index is -1.21. The van der Waals surface area contributed by atoms with Gasteiger partial charge in [0, 0.05) is 6.54 Å². The number of nitrogens with two attached hydrogens (primary N) is 1. The zero-order chi connectivity index (χ0) is 56.1. The Balaban J connectivity index is 0.000000190. The molecule has 4 aliphatic carbocycles. The van der Waals surface area contributed by atoms with Gasteiger partial charge in [-0.2, -0.15) is 0 Å². The first-order valence-corrected chi connectivity index (χ1v) is 28.9. The standard InChI is InChI=1S/2C30H45N5O4/c1-18(10-13-30(5)19(2)8-9-20-21(30)7-6-12-29(20,3)4)11-14-34-16-33-27-23(26(34)31)32-17-35(27)28-25(38)24(37)22(15-36)39-28;1-18(10-13-30(5)19(2)8-9-20-21(30)7-6-12-29(20,3)4)11-14-31-26-23-27(33-16-32-26)35(17-34-23)28-25(38)24(37)22(15-36)39-28/h9,11,16-17,19,21-22,24-25,28,31,36-38H,6-8,10,12-15H2,1-5H3;9,11,16-17,19,21-22,24-25,28,36-38H,6-8,10,12-15H2,1-5H3,(H,31,32,33)/p+1/b2*18-11+/t19-,21?,22+,24?,25-,28+,30+;19-,21+,22+,24?,25-,28+,30+/m00/s1. The predicted molar refractivity (Wildman–Crippen MR) is 300 cm³/mol. The maximum Gasteiger partial charge on any atom is 0.251 e. The van der Waals surface area contributed by atoms with Crippen LogP contribution in [0.1, 0.15) is 159 Å². The fraction of sp³-hybridized carbons (Fsp3) is 0.700. The highest BCUT2D eigenvalue weighted by atomic mass is 16.6. The first-order chi connectivity index (χ1) is 37.0. The molecule has 9 N–H and O–H groups in total. The number of aliphatic hydroxyl groups excluding tert-OH is 6. The summed E-state index contributed by atoms with van der Waals surface area (Å²) in [4.78, 5) is 22.1. The molecule has 2 saturated carbocycles. The molecular weight excluding hydrogens is 989 g/mol. The third kappa shape index (κ3) is 11.0. The molecule has 0 radical (unpaired) electrons. The summed E-state index contributed by atoms with van der Waals surface area (Å²) >= 11 is 0. The molecule has 2 saturated heterocycles. The Labute approximate surface area is 461 Å². The number of nitrogens with one attached hydrogen (secondary N) is 1. The fourth-order valence-electron chi connectivity index (χ4n) is 14.3. The molecule has 428 valence electrons. The normalized spacial score (nSPS) is 34.7. The van der Waals surface area contributed by atoms with Gasteiger partial charge in [-0.15, -0.1) is 0 Å². The average Bonchev–Trinajstić information content (AvgIpc) is 4.23. The van der Waals surface area contributed by atoms with Gasteiger partial charge in [0.1, 0.15) is 49.3 Å². The average molecular weight is 1080 g/mol. The van der Waals surface area contributed by atoms with Crippen molar-refractivity contribution in [3.63, 3.8) is 0 Å². The lowest BCUT2D eigenvalue weighted by Gasteiger charge is -2.53. The van der Waals surface area contributed by atoms with Gasteiger partial charge in [-0.05, 0) is 123 Å². The monoisotopic (exact) mass is 1080 g/mol. The van der Waals surface area contributed by atoms with Gasteiger partial charge in [-0.25, -0.2) is 24.5 Å². The van der Waals surface area contributed by atoms with E-state index < -0.39 is 55.7 Å². The molecule has 78 heavy (non-hydrogen) atoms. The van der Waals surface area contributed by atoms with Crippen LogP contribution in [0.5, 0.6) is 0 Å². The zero-order valence-electron chi connectivity index (χ0n) is 48.0. The molecular formula is C60H91N10O8+. The molecule has 4 aromatic heterocycles. The number of anilines is 2. The summed E-state index contributed by atoms with van der Waals surface area (Å²) in [5, 5.41) is 63.3. The minimum absolute atomic E-state index is 0.311. The lowest BCUT2D eigenvalue weighted by atomic mass is 9.52. The van der Waals surface area contributed by atoms with Crippen molar-refractivity contribution in [3.05, 3.63) is 71.9 Å². The highest BCUT2D eigenvalue weighted by Crippen LogP contribution is 2.59. The van der Waals surface area contributed by atoms with E-state index in [4.69, 9.17) is 15.2 Å². The molecule has 3 unspecified atom stereocenters.